The quantitative estimate of drug-likeness (QED) is 0.704. The molecule has 16 heavy (non-hydrogen) atoms. The molecular weight excluding hydrogens is 204 g/mol. The maximum Gasteiger partial charge on any atom is 0.225 e. The number of nitrogens with zero attached hydrogens (tertiary/aromatic N) is 1. The first kappa shape index (κ1) is 11.1. The van der Waals surface area contributed by atoms with E-state index < -0.39 is 0 Å². The van der Waals surface area contributed by atoms with Gasteiger partial charge in [0.05, 0.1) is 12.0 Å². The lowest BCUT2D eigenvalue weighted by Crippen LogP contribution is -2.39. The zero-order valence-electron chi connectivity index (χ0n) is 9.44. The molecule has 1 heterocycles. The first-order valence-electron chi connectivity index (χ1n) is 5.73. The predicted molar refractivity (Wildman–Crippen MR) is 60.5 cm³/mol. The van der Waals surface area contributed by atoms with Crippen LogP contribution in [0.4, 0.5) is 0 Å². The van der Waals surface area contributed by atoms with E-state index in [4.69, 9.17) is 5.73 Å². The zero-order valence-corrected chi connectivity index (χ0v) is 9.44. The van der Waals surface area contributed by atoms with Crippen LogP contribution in [-0.4, -0.2) is 21.9 Å². The summed E-state index contributed by atoms with van der Waals surface area (Å²) >= 11 is 0. The minimum atomic E-state index is -0.0877. The highest BCUT2D eigenvalue weighted by Crippen LogP contribution is 2.24. The molecule has 1 amide bonds. The van der Waals surface area contributed by atoms with Gasteiger partial charge in [-0.3, -0.25) is 4.79 Å². The molecule has 0 saturated heterocycles. The van der Waals surface area contributed by atoms with Crippen LogP contribution < -0.4 is 11.1 Å². The molecule has 5 nitrogen and oxygen atoms in total. The van der Waals surface area contributed by atoms with Crippen molar-refractivity contribution in [2.45, 2.75) is 38.3 Å². The van der Waals surface area contributed by atoms with E-state index in [-0.39, 0.29) is 23.9 Å². The molecule has 0 spiro atoms. The van der Waals surface area contributed by atoms with Gasteiger partial charge in [-0.05, 0) is 19.8 Å². The summed E-state index contributed by atoms with van der Waals surface area (Å²) in [5, 5.41) is 2.94. The molecule has 0 radical (unpaired) electrons. The van der Waals surface area contributed by atoms with Crippen LogP contribution in [-0.2, 0) is 4.79 Å². The van der Waals surface area contributed by atoms with Crippen LogP contribution in [0, 0.1) is 5.92 Å². The highest BCUT2D eigenvalue weighted by atomic mass is 16.2. The number of carbonyl (C=O) groups excluding carboxylic acids is 1. The average molecular weight is 222 g/mol. The van der Waals surface area contributed by atoms with E-state index in [2.05, 4.69) is 15.3 Å². The lowest BCUT2D eigenvalue weighted by molar-refractivity contribution is -0.125. The number of hydrogen-bond acceptors (Lipinski definition) is 3. The standard InChI is InChI=1S/C11H18N4O/c1-7(10-13-5-6-14-10)15-11(16)8-3-2-4-9(8)12/h5-9H,2-4,12H2,1H3,(H,13,14)(H,15,16). The van der Waals surface area contributed by atoms with E-state index in [1.54, 1.807) is 12.4 Å². The van der Waals surface area contributed by atoms with Gasteiger partial charge in [-0.2, -0.15) is 0 Å². The van der Waals surface area contributed by atoms with E-state index in [1.807, 2.05) is 6.92 Å². The second-order valence-corrected chi connectivity index (χ2v) is 4.41. The molecule has 2 rings (SSSR count). The molecule has 0 aromatic carbocycles. The Morgan fingerprint density at radius 3 is 3.06 bits per heavy atom. The Kier molecular flexibility index (Phi) is 3.24. The highest BCUT2D eigenvalue weighted by molar-refractivity contribution is 5.80. The number of carbonyl (C=O) groups is 1. The second-order valence-electron chi connectivity index (χ2n) is 4.41. The van der Waals surface area contributed by atoms with Crippen molar-refractivity contribution in [1.29, 1.82) is 0 Å². The number of imidazole rings is 1. The minimum absolute atomic E-state index is 0.0174. The van der Waals surface area contributed by atoms with Gasteiger partial charge in [-0.15, -0.1) is 0 Å². The summed E-state index contributed by atoms with van der Waals surface area (Å²) < 4.78 is 0. The molecular formula is C11H18N4O. The van der Waals surface area contributed by atoms with E-state index in [0.717, 1.165) is 25.1 Å². The van der Waals surface area contributed by atoms with Gasteiger partial charge in [-0.25, -0.2) is 4.98 Å². The van der Waals surface area contributed by atoms with Crippen LogP contribution >= 0.6 is 0 Å². The molecule has 3 unspecified atom stereocenters. The van der Waals surface area contributed by atoms with E-state index in [9.17, 15) is 4.79 Å². The maximum atomic E-state index is 11.9. The number of nitrogens with one attached hydrogen (secondary N) is 2. The van der Waals surface area contributed by atoms with Crippen molar-refractivity contribution in [3.63, 3.8) is 0 Å². The molecule has 0 aliphatic heterocycles. The van der Waals surface area contributed by atoms with Crippen molar-refractivity contribution in [2.75, 3.05) is 0 Å². The molecule has 1 aromatic heterocycles. The van der Waals surface area contributed by atoms with Gasteiger partial charge < -0.3 is 16.0 Å². The molecule has 1 saturated carbocycles. The number of aromatic amines is 1. The fourth-order valence-corrected chi connectivity index (χ4v) is 2.22. The fraction of sp³-hybridized carbons (Fsp3) is 0.636. The summed E-state index contributed by atoms with van der Waals surface area (Å²) in [6.07, 6.45) is 6.33. The van der Waals surface area contributed by atoms with Crippen LogP contribution in [0.2, 0.25) is 0 Å². The van der Waals surface area contributed by atoms with Crippen LogP contribution in [0.3, 0.4) is 0 Å². The van der Waals surface area contributed by atoms with Gasteiger partial charge >= 0.3 is 0 Å². The first-order valence-corrected chi connectivity index (χ1v) is 5.73. The fourth-order valence-electron chi connectivity index (χ4n) is 2.22. The smallest absolute Gasteiger partial charge is 0.225 e. The Morgan fingerprint density at radius 1 is 1.69 bits per heavy atom. The monoisotopic (exact) mass is 222 g/mol. The Labute approximate surface area is 94.8 Å². The van der Waals surface area contributed by atoms with Gasteiger partial charge in [0, 0.05) is 18.4 Å². The molecule has 0 bridgehead atoms. The largest absolute Gasteiger partial charge is 0.347 e. The SMILES string of the molecule is CC(NC(=O)C1CCCC1N)c1ncc[nH]1. The number of hydrogen-bond donors (Lipinski definition) is 3. The third kappa shape index (κ3) is 2.24. The van der Waals surface area contributed by atoms with Gasteiger partial charge in [0.1, 0.15) is 5.82 Å². The third-order valence-electron chi connectivity index (χ3n) is 3.19. The van der Waals surface area contributed by atoms with Crippen LogP contribution in [0.25, 0.3) is 0 Å². The van der Waals surface area contributed by atoms with Crippen molar-refractivity contribution >= 4 is 5.91 Å². The van der Waals surface area contributed by atoms with Gasteiger partial charge in [-0.1, -0.05) is 6.42 Å². The Morgan fingerprint density at radius 2 is 2.50 bits per heavy atom. The van der Waals surface area contributed by atoms with Crippen LogP contribution in [0.1, 0.15) is 38.1 Å². The molecule has 88 valence electrons. The third-order valence-corrected chi connectivity index (χ3v) is 3.19. The Hall–Kier alpha value is -1.36. The van der Waals surface area contributed by atoms with Crippen molar-refractivity contribution in [2.24, 2.45) is 11.7 Å². The number of nitrogens with two attached hydrogens (primary N) is 1. The summed E-state index contributed by atoms with van der Waals surface area (Å²) in [6.45, 7) is 1.91. The molecule has 1 aromatic rings. The first-order chi connectivity index (χ1) is 7.68. The van der Waals surface area contributed by atoms with E-state index in [1.165, 1.54) is 0 Å². The molecule has 3 atom stereocenters. The Balaban J connectivity index is 1.92. The molecule has 5 heteroatoms. The number of rotatable bonds is 3. The van der Waals surface area contributed by atoms with Crippen molar-refractivity contribution in [3.05, 3.63) is 18.2 Å². The van der Waals surface area contributed by atoms with Crippen molar-refractivity contribution in [1.82, 2.24) is 15.3 Å². The summed E-state index contributed by atoms with van der Waals surface area (Å²) in [5.74, 6) is 0.797. The molecule has 4 N–H and O–H groups in total. The van der Waals surface area contributed by atoms with Crippen LogP contribution in [0.15, 0.2) is 12.4 Å². The lowest BCUT2D eigenvalue weighted by atomic mass is 10.0. The highest BCUT2D eigenvalue weighted by Gasteiger charge is 2.31. The van der Waals surface area contributed by atoms with Gasteiger partial charge in [0.15, 0.2) is 0 Å². The van der Waals surface area contributed by atoms with E-state index in [0.29, 0.717) is 0 Å². The average Bonchev–Trinajstić information content (AvgIpc) is 2.86. The normalized spacial score (nSPS) is 26.6. The van der Waals surface area contributed by atoms with E-state index >= 15 is 0 Å². The second kappa shape index (κ2) is 4.65. The lowest BCUT2D eigenvalue weighted by Gasteiger charge is -2.18. The number of amides is 1. The maximum absolute atomic E-state index is 11.9. The van der Waals surface area contributed by atoms with Crippen LogP contribution in [0.5, 0.6) is 0 Å². The summed E-state index contributed by atoms with van der Waals surface area (Å²) in [6, 6.07) is -0.0703. The van der Waals surface area contributed by atoms with Gasteiger partial charge in [0.2, 0.25) is 5.91 Å². The minimum Gasteiger partial charge on any atom is -0.347 e. The van der Waals surface area contributed by atoms with Crippen molar-refractivity contribution < 1.29 is 4.79 Å². The topological polar surface area (TPSA) is 83.8 Å². The summed E-state index contributed by atoms with van der Waals surface area (Å²) in [4.78, 5) is 19.0. The summed E-state index contributed by atoms with van der Waals surface area (Å²) in [7, 11) is 0. The molecule has 1 aliphatic rings. The van der Waals surface area contributed by atoms with Gasteiger partial charge in [0.25, 0.3) is 0 Å². The number of H-pyrrole nitrogens is 1. The zero-order chi connectivity index (χ0) is 11.5. The molecule has 1 aliphatic carbocycles. The number of aromatic nitrogens is 2. The van der Waals surface area contributed by atoms with Crippen molar-refractivity contribution in [3.8, 4) is 0 Å². The predicted octanol–water partition coefficient (Wildman–Crippen LogP) is 0.714. The Bertz CT molecular complexity index is 349. The summed E-state index contributed by atoms with van der Waals surface area (Å²) in [5.41, 5.74) is 5.89. The molecule has 1 fully saturated rings.